The number of ether oxygens (including phenoxy) is 3. The molecule has 0 radical (unpaired) electrons. The Morgan fingerprint density at radius 1 is 0.698 bits per heavy atom. The van der Waals surface area contributed by atoms with E-state index < -0.39 is 50.6 Å². The predicted octanol–water partition coefficient (Wildman–Crippen LogP) is 10.4. The number of esters is 1. The first kappa shape index (κ1) is 59.4. The van der Waals surface area contributed by atoms with Gasteiger partial charge in [0.15, 0.2) is 6.10 Å². The first-order chi connectivity index (χ1) is 30.5. The van der Waals surface area contributed by atoms with Crippen LogP contribution < -0.4 is 5.32 Å². The van der Waals surface area contributed by atoms with Gasteiger partial charge in [0, 0.05) is 13.0 Å². The lowest BCUT2D eigenvalue weighted by Gasteiger charge is -2.41. The Balaban J connectivity index is 2.37. The number of hydrogen-bond acceptors (Lipinski definition) is 12. The van der Waals surface area contributed by atoms with Gasteiger partial charge in [-0.15, -0.1) is 0 Å². The van der Waals surface area contributed by atoms with E-state index in [0.717, 1.165) is 64.2 Å². The molecule has 0 amide bonds. The molecule has 1 saturated heterocycles. The summed E-state index contributed by atoms with van der Waals surface area (Å²) < 4.78 is 39.2. The smallest absolute Gasteiger partial charge is 0.472 e. The zero-order valence-corrected chi connectivity index (χ0v) is 40.5. The summed E-state index contributed by atoms with van der Waals surface area (Å²) in [7, 11) is -4.57. The van der Waals surface area contributed by atoms with Crippen molar-refractivity contribution in [2.45, 2.75) is 230 Å². The lowest BCUT2D eigenvalue weighted by molar-refractivity contribution is -0.317. The number of rotatable bonds is 44. The Labute approximate surface area is 382 Å². The molecule has 13 nitrogen and oxygen atoms in total. The number of aliphatic hydroxyl groups is 4. The monoisotopic (exact) mass is 918 g/mol. The van der Waals surface area contributed by atoms with Crippen LogP contribution in [0.5, 0.6) is 0 Å². The van der Waals surface area contributed by atoms with Crippen LogP contribution in [0, 0.1) is 0 Å². The minimum atomic E-state index is -4.57. The van der Waals surface area contributed by atoms with Gasteiger partial charge in [-0.05, 0) is 57.4 Å². The molecule has 1 rings (SSSR count). The Kier molecular flexibility index (Phi) is 38.3. The molecule has 0 aromatic heterocycles. The van der Waals surface area contributed by atoms with E-state index in [1.165, 1.54) is 109 Å². The van der Waals surface area contributed by atoms with Gasteiger partial charge >= 0.3 is 13.8 Å². The molecule has 1 unspecified atom stereocenters. The summed E-state index contributed by atoms with van der Waals surface area (Å²) in [5.41, 5.74) is 0. The number of allylic oxidation sites excluding steroid dienone is 5. The van der Waals surface area contributed by atoms with E-state index in [2.05, 4.69) is 43.5 Å². The van der Waals surface area contributed by atoms with Gasteiger partial charge in [-0.3, -0.25) is 13.8 Å². The molecule has 0 aliphatic carbocycles. The molecule has 1 aliphatic heterocycles. The molecular formula is C49H92NO12P. The fourth-order valence-electron chi connectivity index (χ4n) is 7.31. The average Bonchev–Trinajstić information content (AvgIpc) is 3.26. The summed E-state index contributed by atoms with van der Waals surface area (Å²) in [5, 5.41) is 42.7. The molecule has 0 aromatic carbocycles. The molecule has 63 heavy (non-hydrogen) atoms. The van der Waals surface area contributed by atoms with E-state index in [0.29, 0.717) is 6.42 Å². The highest BCUT2D eigenvalue weighted by Crippen LogP contribution is 2.43. The second-order valence-corrected chi connectivity index (χ2v) is 18.8. The van der Waals surface area contributed by atoms with Crippen molar-refractivity contribution >= 4 is 13.8 Å². The Bertz CT molecular complexity index is 1200. The lowest BCUT2D eigenvalue weighted by atomic mass is 9.97. The number of unbranched alkanes of at least 4 members (excludes halogenated alkanes) is 24. The minimum Gasteiger partial charge on any atom is -0.498 e. The largest absolute Gasteiger partial charge is 0.498 e. The first-order valence-electron chi connectivity index (χ1n) is 25.0. The SMILES string of the molecule is CCCCC/C=C\C/C=C\CCCCCCCC(=O)O[C@H](CO/C=C\CCCCCCCCCCCCCCCCCC)COP(=O)(O)OCCNC[C@@]1(O)OC[C@@H](O)[C@@H](O)[C@@H]1O. The third kappa shape index (κ3) is 34.4. The molecule has 1 fully saturated rings. The normalized spacial score (nSPS) is 20.8. The maximum absolute atomic E-state index is 12.8. The van der Waals surface area contributed by atoms with Crippen molar-refractivity contribution in [2.75, 3.05) is 39.5 Å². The van der Waals surface area contributed by atoms with E-state index in [1.54, 1.807) is 6.26 Å². The fraction of sp³-hybridized carbons (Fsp3) is 0.857. The molecule has 0 aromatic rings. The van der Waals surface area contributed by atoms with Crippen LogP contribution in [0.2, 0.25) is 0 Å². The van der Waals surface area contributed by atoms with E-state index >= 15 is 0 Å². The van der Waals surface area contributed by atoms with E-state index in [1.807, 2.05) is 6.08 Å². The van der Waals surface area contributed by atoms with Crippen LogP contribution >= 0.6 is 7.82 Å². The second-order valence-electron chi connectivity index (χ2n) is 17.3. The van der Waals surface area contributed by atoms with Crippen molar-refractivity contribution in [3.63, 3.8) is 0 Å². The number of aliphatic hydroxyl groups excluding tert-OH is 3. The summed E-state index contributed by atoms with van der Waals surface area (Å²) in [6.45, 7) is 2.89. The molecule has 0 bridgehead atoms. The number of phosphoric ester groups is 1. The molecular weight excluding hydrogens is 826 g/mol. The zero-order chi connectivity index (χ0) is 46.1. The standard InChI is InChI=1S/C49H92NO12P/c1-3-5-7-9-11-13-15-17-19-20-21-23-25-27-29-31-33-35-38-58-40-44(62-46(52)36-34-32-30-28-26-24-22-18-16-14-12-10-8-6-4-2)41-61-63(56,57)60-39-37-50-43-49(55)48(54)47(53)45(51)42-59-49/h12,14,18,22,35,38,44-45,47-48,50-51,53-55H,3-11,13,15-17,19-21,23-34,36-37,39-43H2,1-2H3,(H,56,57)/b14-12-,22-18-,38-35-/t44-,45-,47-,48+,49-/m1/s1. The number of carbonyl (C=O) groups excluding carboxylic acids is 1. The summed E-state index contributed by atoms with van der Waals surface area (Å²) in [5.74, 6) is -2.60. The van der Waals surface area contributed by atoms with Crippen molar-refractivity contribution < 1.29 is 57.9 Å². The Hall–Kier alpha value is -1.64. The summed E-state index contributed by atoms with van der Waals surface area (Å²) in [6.07, 6.45) is 40.8. The van der Waals surface area contributed by atoms with Gasteiger partial charge in [-0.25, -0.2) is 4.57 Å². The van der Waals surface area contributed by atoms with Crippen molar-refractivity contribution in [1.29, 1.82) is 0 Å². The van der Waals surface area contributed by atoms with Gasteiger partial charge < -0.3 is 44.8 Å². The van der Waals surface area contributed by atoms with Crippen LogP contribution in [0.3, 0.4) is 0 Å². The zero-order valence-electron chi connectivity index (χ0n) is 39.6. The highest BCUT2D eigenvalue weighted by atomic mass is 31.2. The number of carbonyl (C=O) groups is 1. The summed E-state index contributed by atoms with van der Waals surface area (Å²) >= 11 is 0. The highest BCUT2D eigenvalue weighted by molar-refractivity contribution is 7.47. The van der Waals surface area contributed by atoms with E-state index in [4.69, 9.17) is 23.3 Å². The summed E-state index contributed by atoms with van der Waals surface area (Å²) in [4.78, 5) is 23.1. The molecule has 1 heterocycles. The fourth-order valence-corrected chi connectivity index (χ4v) is 8.06. The summed E-state index contributed by atoms with van der Waals surface area (Å²) in [6, 6.07) is 0. The van der Waals surface area contributed by atoms with Crippen LogP contribution in [-0.2, 0) is 32.6 Å². The molecule has 1 aliphatic rings. The van der Waals surface area contributed by atoms with Gasteiger partial charge in [0.25, 0.3) is 0 Å². The molecule has 0 spiro atoms. The number of phosphoric acid groups is 1. The maximum Gasteiger partial charge on any atom is 0.472 e. The molecule has 14 heteroatoms. The Morgan fingerprint density at radius 2 is 1.19 bits per heavy atom. The molecule has 6 atom stereocenters. The first-order valence-corrected chi connectivity index (χ1v) is 26.5. The third-order valence-electron chi connectivity index (χ3n) is 11.3. The van der Waals surface area contributed by atoms with Crippen molar-refractivity contribution in [3.05, 3.63) is 36.6 Å². The van der Waals surface area contributed by atoms with Gasteiger partial charge in [0.05, 0.1) is 32.6 Å². The van der Waals surface area contributed by atoms with Gasteiger partial charge in [0.2, 0.25) is 5.79 Å². The van der Waals surface area contributed by atoms with Gasteiger partial charge in [-0.1, -0.05) is 167 Å². The average molecular weight is 918 g/mol. The Morgan fingerprint density at radius 3 is 1.76 bits per heavy atom. The van der Waals surface area contributed by atoms with Crippen LogP contribution in [-0.4, -0.2) is 101 Å². The van der Waals surface area contributed by atoms with Crippen molar-refractivity contribution in [1.82, 2.24) is 5.32 Å². The molecule has 370 valence electrons. The lowest BCUT2D eigenvalue weighted by Crippen LogP contribution is -2.64. The van der Waals surface area contributed by atoms with Crippen LogP contribution in [0.4, 0.5) is 0 Å². The topological polar surface area (TPSA) is 193 Å². The highest BCUT2D eigenvalue weighted by Gasteiger charge is 2.48. The van der Waals surface area contributed by atoms with Crippen molar-refractivity contribution in [2.24, 2.45) is 0 Å². The second kappa shape index (κ2) is 40.6. The number of hydrogen-bond donors (Lipinski definition) is 6. The van der Waals surface area contributed by atoms with Crippen molar-refractivity contribution in [3.8, 4) is 0 Å². The van der Waals surface area contributed by atoms with E-state index in [9.17, 15) is 34.7 Å². The maximum atomic E-state index is 12.8. The molecule has 6 N–H and O–H groups in total. The van der Waals surface area contributed by atoms with Gasteiger partial charge in [-0.2, -0.15) is 0 Å². The molecule has 0 saturated carbocycles. The van der Waals surface area contributed by atoms with E-state index in [-0.39, 0.29) is 39.3 Å². The van der Waals surface area contributed by atoms with Crippen LogP contribution in [0.1, 0.15) is 200 Å². The van der Waals surface area contributed by atoms with Gasteiger partial charge in [0.1, 0.15) is 24.9 Å². The minimum absolute atomic E-state index is 0.0514. The quantitative estimate of drug-likeness (QED) is 0.0111. The van der Waals surface area contributed by atoms with Crippen LogP contribution in [0.15, 0.2) is 36.6 Å². The predicted molar refractivity (Wildman–Crippen MR) is 252 cm³/mol. The van der Waals surface area contributed by atoms with Crippen LogP contribution in [0.25, 0.3) is 0 Å². The number of nitrogens with one attached hydrogen (secondary N) is 1. The third-order valence-corrected chi connectivity index (χ3v) is 12.3.